The van der Waals surface area contributed by atoms with Crippen molar-refractivity contribution in [3.05, 3.63) is 35.8 Å². The molecule has 2 aromatic rings. The SMILES string of the molecule is CNc1n[nH]c(C)c1N=Nc1cccc(F)c1. The van der Waals surface area contributed by atoms with Gasteiger partial charge in [0.25, 0.3) is 0 Å². The van der Waals surface area contributed by atoms with Gasteiger partial charge in [-0.1, -0.05) is 6.07 Å². The number of anilines is 1. The summed E-state index contributed by atoms with van der Waals surface area (Å²) in [5.41, 5.74) is 1.89. The molecule has 1 aromatic carbocycles. The van der Waals surface area contributed by atoms with E-state index in [0.29, 0.717) is 17.2 Å². The number of nitrogens with one attached hydrogen (secondary N) is 2. The van der Waals surface area contributed by atoms with Gasteiger partial charge in [-0.05, 0) is 19.1 Å². The number of hydrogen-bond acceptors (Lipinski definition) is 4. The molecule has 17 heavy (non-hydrogen) atoms. The fourth-order valence-corrected chi connectivity index (χ4v) is 1.37. The van der Waals surface area contributed by atoms with E-state index >= 15 is 0 Å². The number of hydrogen-bond donors (Lipinski definition) is 2. The van der Waals surface area contributed by atoms with Gasteiger partial charge >= 0.3 is 0 Å². The van der Waals surface area contributed by atoms with Crippen LogP contribution in [0.4, 0.5) is 21.6 Å². The second-order valence-corrected chi connectivity index (χ2v) is 3.48. The van der Waals surface area contributed by atoms with E-state index < -0.39 is 0 Å². The molecular formula is C11H12FN5. The lowest BCUT2D eigenvalue weighted by molar-refractivity contribution is 0.628. The molecular weight excluding hydrogens is 221 g/mol. The molecule has 0 fully saturated rings. The summed E-state index contributed by atoms with van der Waals surface area (Å²) >= 11 is 0. The van der Waals surface area contributed by atoms with E-state index in [9.17, 15) is 4.39 Å². The number of aromatic amines is 1. The molecule has 0 atom stereocenters. The lowest BCUT2D eigenvalue weighted by atomic mass is 10.3. The number of benzene rings is 1. The average Bonchev–Trinajstić information content (AvgIpc) is 2.67. The van der Waals surface area contributed by atoms with Crippen LogP contribution in [-0.2, 0) is 0 Å². The Morgan fingerprint density at radius 1 is 1.35 bits per heavy atom. The molecule has 0 amide bonds. The summed E-state index contributed by atoms with van der Waals surface area (Å²) in [5.74, 6) is 0.279. The van der Waals surface area contributed by atoms with Crippen molar-refractivity contribution in [1.29, 1.82) is 0 Å². The highest BCUT2D eigenvalue weighted by Crippen LogP contribution is 2.27. The van der Waals surface area contributed by atoms with Gasteiger partial charge < -0.3 is 5.32 Å². The predicted octanol–water partition coefficient (Wildman–Crippen LogP) is 3.31. The predicted molar refractivity (Wildman–Crippen MR) is 63.4 cm³/mol. The number of rotatable bonds is 3. The van der Waals surface area contributed by atoms with Crippen LogP contribution in [0.15, 0.2) is 34.5 Å². The Bertz CT molecular complexity index is 547. The third-order valence-electron chi connectivity index (χ3n) is 2.23. The number of azo groups is 1. The van der Waals surface area contributed by atoms with Crippen LogP contribution in [0, 0.1) is 12.7 Å². The smallest absolute Gasteiger partial charge is 0.175 e. The molecule has 88 valence electrons. The Morgan fingerprint density at radius 2 is 2.18 bits per heavy atom. The van der Waals surface area contributed by atoms with Gasteiger partial charge in [0.2, 0.25) is 0 Å². The van der Waals surface area contributed by atoms with E-state index in [1.54, 1.807) is 19.2 Å². The molecule has 0 spiro atoms. The van der Waals surface area contributed by atoms with Gasteiger partial charge in [-0.25, -0.2) is 4.39 Å². The lowest BCUT2D eigenvalue weighted by Gasteiger charge is -1.95. The molecule has 0 saturated carbocycles. The summed E-state index contributed by atoms with van der Waals surface area (Å²) < 4.78 is 12.9. The van der Waals surface area contributed by atoms with Crippen LogP contribution >= 0.6 is 0 Å². The molecule has 0 aliphatic heterocycles. The molecule has 5 nitrogen and oxygen atoms in total. The van der Waals surface area contributed by atoms with Crippen molar-refractivity contribution in [2.24, 2.45) is 10.2 Å². The topological polar surface area (TPSA) is 65.4 Å². The first-order valence-corrected chi connectivity index (χ1v) is 5.10. The first kappa shape index (κ1) is 11.3. The van der Waals surface area contributed by atoms with E-state index in [1.807, 2.05) is 6.92 Å². The normalized spacial score (nSPS) is 11.0. The maximum atomic E-state index is 12.9. The molecule has 2 rings (SSSR count). The Morgan fingerprint density at radius 3 is 2.88 bits per heavy atom. The van der Waals surface area contributed by atoms with Gasteiger partial charge in [0.05, 0.1) is 11.4 Å². The number of halogens is 1. The summed E-state index contributed by atoms with van der Waals surface area (Å²) in [7, 11) is 1.75. The third-order valence-corrected chi connectivity index (χ3v) is 2.23. The van der Waals surface area contributed by atoms with Gasteiger partial charge in [-0.2, -0.15) is 10.2 Å². The minimum absolute atomic E-state index is 0.334. The molecule has 1 aromatic heterocycles. The van der Waals surface area contributed by atoms with Crippen molar-refractivity contribution in [3.63, 3.8) is 0 Å². The lowest BCUT2D eigenvalue weighted by Crippen LogP contribution is -1.87. The van der Waals surface area contributed by atoms with Crippen LogP contribution in [0.2, 0.25) is 0 Å². The van der Waals surface area contributed by atoms with E-state index in [0.717, 1.165) is 5.69 Å². The van der Waals surface area contributed by atoms with Gasteiger partial charge in [-0.15, -0.1) is 5.11 Å². The summed E-state index contributed by atoms with van der Waals surface area (Å²) in [5, 5.41) is 17.7. The van der Waals surface area contributed by atoms with Gasteiger partial charge in [0.1, 0.15) is 5.82 Å². The van der Waals surface area contributed by atoms with Crippen LogP contribution < -0.4 is 5.32 Å². The molecule has 0 aliphatic rings. The quantitative estimate of drug-likeness (QED) is 0.798. The van der Waals surface area contributed by atoms with Crippen molar-refractivity contribution < 1.29 is 4.39 Å². The zero-order valence-electron chi connectivity index (χ0n) is 9.53. The van der Waals surface area contributed by atoms with Gasteiger partial charge in [0, 0.05) is 13.1 Å². The van der Waals surface area contributed by atoms with E-state index in [-0.39, 0.29) is 5.82 Å². The van der Waals surface area contributed by atoms with Crippen molar-refractivity contribution in [1.82, 2.24) is 10.2 Å². The van der Waals surface area contributed by atoms with Crippen LogP contribution in [0.3, 0.4) is 0 Å². The van der Waals surface area contributed by atoms with Crippen molar-refractivity contribution in [2.75, 3.05) is 12.4 Å². The Labute approximate surface area is 97.8 Å². The number of H-pyrrole nitrogens is 1. The number of aromatic nitrogens is 2. The molecule has 0 saturated heterocycles. The van der Waals surface area contributed by atoms with Gasteiger partial charge in [-0.3, -0.25) is 5.10 Å². The second kappa shape index (κ2) is 4.73. The van der Waals surface area contributed by atoms with Crippen LogP contribution in [0.5, 0.6) is 0 Å². The maximum absolute atomic E-state index is 12.9. The maximum Gasteiger partial charge on any atom is 0.175 e. The molecule has 0 unspecified atom stereocenters. The summed E-state index contributed by atoms with van der Waals surface area (Å²) in [4.78, 5) is 0. The molecule has 0 radical (unpaired) electrons. The molecule has 1 heterocycles. The van der Waals surface area contributed by atoms with Crippen LogP contribution in [0.1, 0.15) is 5.69 Å². The Kier molecular flexibility index (Phi) is 3.13. The molecule has 0 aliphatic carbocycles. The van der Waals surface area contributed by atoms with E-state index in [4.69, 9.17) is 0 Å². The fourth-order valence-electron chi connectivity index (χ4n) is 1.37. The third kappa shape index (κ3) is 2.47. The summed E-state index contributed by atoms with van der Waals surface area (Å²) in [6.07, 6.45) is 0. The fraction of sp³-hybridized carbons (Fsp3) is 0.182. The molecule has 2 N–H and O–H groups in total. The zero-order chi connectivity index (χ0) is 12.3. The summed E-state index contributed by atoms with van der Waals surface area (Å²) in [6, 6.07) is 5.95. The van der Waals surface area contributed by atoms with Gasteiger partial charge in [0.15, 0.2) is 11.5 Å². The largest absolute Gasteiger partial charge is 0.370 e. The molecule has 6 heteroatoms. The number of nitrogens with zero attached hydrogens (tertiary/aromatic N) is 3. The van der Waals surface area contributed by atoms with Crippen LogP contribution in [0.25, 0.3) is 0 Å². The van der Waals surface area contributed by atoms with Crippen molar-refractivity contribution >= 4 is 17.2 Å². The monoisotopic (exact) mass is 233 g/mol. The van der Waals surface area contributed by atoms with Crippen molar-refractivity contribution in [2.45, 2.75) is 6.92 Å². The number of aryl methyl sites for hydroxylation is 1. The van der Waals surface area contributed by atoms with Crippen LogP contribution in [-0.4, -0.2) is 17.2 Å². The first-order chi connectivity index (χ1) is 8.20. The minimum atomic E-state index is -0.334. The minimum Gasteiger partial charge on any atom is -0.370 e. The average molecular weight is 233 g/mol. The first-order valence-electron chi connectivity index (χ1n) is 5.10. The molecule has 0 bridgehead atoms. The van der Waals surface area contributed by atoms with E-state index in [2.05, 4.69) is 25.7 Å². The highest BCUT2D eigenvalue weighted by molar-refractivity contribution is 5.62. The standard InChI is InChI=1S/C11H12FN5/c1-7-10(11(13-2)17-14-7)16-15-9-5-3-4-8(12)6-9/h3-6H,1-2H3,(H2,13,14,17). The Hall–Kier alpha value is -2.24. The Balaban J connectivity index is 2.28. The second-order valence-electron chi connectivity index (χ2n) is 3.48. The van der Waals surface area contributed by atoms with Crippen molar-refractivity contribution in [3.8, 4) is 0 Å². The van der Waals surface area contributed by atoms with E-state index in [1.165, 1.54) is 12.1 Å². The zero-order valence-corrected chi connectivity index (χ0v) is 9.53. The highest BCUT2D eigenvalue weighted by atomic mass is 19.1. The highest BCUT2D eigenvalue weighted by Gasteiger charge is 2.07. The summed E-state index contributed by atoms with van der Waals surface area (Å²) in [6.45, 7) is 1.84.